The molecule has 1 aromatic rings. The maximum atomic E-state index is 13.9. The molecule has 0 aliphatic carbocycles. The third-order valence-corrected chi connectivity index (χ3v) is 5.91. The van der Waals surface area contributed by atoms with Crippen LogP contribution in [0, 0.1) is 23.4 Å². The molecule has 3 rings (SSSR count). The molecule has 0 radical (unpaired) electrons. The van der Waals surface area contributed by atoms with Crippen LogP contribution in [0.3, 0.4) is 0 Å². The van der Waals surface area contributed by atoms with E-state index < -0.39 is 35.4 Å². The number of nitrogens with zero attached hydrogens (tertiary/aromatic N) is 1. The van der Waals surface area contributed by atoms with Crippen LogP contribution in [-0.2, 0) is 25.6 Å². The van der Waals surface area contributed by atoms with Gasteiger partial charge in [-0.05, 0) is 49.7 Å². The number of aliphatic carboxylic acids is 2. The van der Waals surface area contributed by atoms with Crippen molar-refractivity contribution in [1.29, 1.82) is 0 Å². The quantitative estimate of drug-likeness (QED) is 0.245. The molecule has 0 saturated carbocycles. The number of carboxylic acids is 2. The van der Waals surface area contributed by atoms with Crippen LogP contribution in [0.15, 0.2) is 24.3 Å². The van der Waals surface area contributed by atoms with Gasteiger partial charge < -0.3 is 26.2 Å². The molecular weight excluding hydrogens is 459 g/mol. The third-order valence-electron chi connectivity index (χ3n) is 5.91. The predicted octanol–water partition coefficient (Wildman–Crippen LogP) is 1.20. The first-order valence-corrected chi connectivity index (χ1v) is 10.5. The topological polar surface area (TPSA) is 150 Å². The van der Waals surface area contributed by atoms with Gasteiger partial charge in [0.25, 0.3) is 0 Å². The monoisotopic (exact) mass is 485 g/mol. The molecule has 2 saturated heterocycles. The van der Waals surface area contributed by atoms with E-state index in [0.29, 0.717) is 37.5 Å². The lowest BCUT2D eigenvalue weighted by Crippen LogP contribution is -2.52. The molecule has 0 spiro atoms. The van der Waals surface area contributed by atoms with Gasteiger partial charge in [0.15, 0.2) is 11.6 Å². The zero-order chi connectivity index (χ0) is 25.4. The first-order chi connectivity index (χ1) is 16.0. The van der Waals surface area contributed by atoms with Crippen molar-refractivity contribution in [2.24, 2.45) is 11.7 Å². The Kier molecular flexibility index (Phi) is 9.60. The summed E-state index contributed by atoms with van der Waals surface area (Å²) in [5.41, 5.74) is 6.31. The van der Waals surface area contributed by atoms with E-state index in [1.807, 2.05) is 4.90 Å². The normalized spacial score (nSPS) is 22.0. The highest BCUT2D eigenvalue weighted by molar-refractivity contribution is 5.89. The zero-order valence-corrected chi connectivity index (χ0v) is 18.1. The van der Waals surface area contributed by atoms with Gasteiger partial charge in [0, 0.05) is 36.3 Å². The molecule has 2 unspecified atom stereocenters. The van der Waals surface area contributed by atoms with Crippen LogP contribution in [0.25, 0.3) is 0 Å². The highest BCUT2D eigenvalue weighted by Crippen LogP contribution is 2.40. The van der Waals surface area contributed by atoms with E-state index >= 15 is 0 Å². The van der Waals surface area contributed by atoms with Gasteiger partial charge in [0.05, 0.1) is 6.54 Å². The number of carboxylic acid groups (broad SMARTS) is 2. The van der Waals surface area contributed by atoms with Crippen LogP contribution in [0.4, 0.5) is 13.2 Å². The Labute approximate surface area is 193 Å². The van der Waals surface area contributed by atoms with Crippen molar-refractivity contribution >= 4 is 24.3 Å². The zero-order valence-electron chi connectivity index (χ0n) is 18.1. The maximum Gasteiger partial charge on any atom is 0.328 e. The molecule has 2 amide bonds. The first-order valence-electron chi connectivity index (χ1n) is 10.5. The van der Waals surface area contributed by atoms with E-state index in [-0.39, 0.29) is 42.4 Å². The third kappa shape index (κ3) is 7.30. The minimum absolute atomic E-state index is 0.0205. The Bertz CT molecular complexity index is 928. The van der Waals surface area contributed by atoms with Gasteiger partial charge in [-0.2, -0.15) is 0 Å². The largest absolute Gasteiger partial charge is 0.478 e. The summed E-state index contributed by atoms with van der Waals surface area (Å²) in [5, 5.41) is 18.0. The summed E-state index contributed by atoms with van der Waals surface area (Å²) in [6.07, 6.45) is 4.86. The van der Waals surface area contributed by atoms with Crippen molar-refractivity contribution in [1.82, 2.24) is 10.2 Å². The van der Waals surface area contributed by atoms with E-state index in [2.05, 4.69) is 5.32 Å². The summed E-state index contributed by atoms with van der Waals surface area (Å²) in [4.78, 5) is 43.6. The summed E-state index contributed by atoms with van der Waals surface area (Å²) in [5.74, 6) is -5.65. The minimum Gasteiger partial charge on any atom is -0.478 e. The molecule has 3 atom stereocenters. The van der Waals surface area contributed by atoms with Crippen LogP contribution in [0.1, 0.15) is 31.2 Å². The van der Waals surface area contributed by atoms with Crippen molar-refractivity contribution in [3.8, 4) is 0 Å². The number of nitrogens with two attached hydrogens (primary N) is 1. The Morgan fingerprint density at radius 2 is 1.56 bits per heavy atom. The number of hydrogen-bond donors (Lipinski definition) is 4. The van der Waals surface area contributed by atoms with E-state index in [1.165, 1.54) is 0 Å². The van der Waals surface area contributed by atoms with Gasteiger partial charge in [-0.25, -0.2) is 22.8 Å². The van der Waals surface area contributed by atoms with E-state index in [4.69, 9.17) is 15.9 Å². The Morgan fingerprint density at radius 1 is 1.03 bits per heavy atom. The van der Waals surface area contributed by atoms with Crippen molar-refractivity contribution in [3.63, 3.8) is 0 Å². The molecule has 5 N–H and O–H groups in total. The standard InChI is InChI=1S/C18H22F3N3O2.C4H4O4/c19-14-7-16(21)15(20)5-10(14)6-17(22)11-3-12-1-2-13(4-11)24(12)18(26)8-23-9-25;5-3(6)1-2-4(7)8/h5,7,9,11-13,17H,1-4,6,8,22H2,(H,23,25);1-2H,(H,5,6)(H,7,8)/b;2-1-/t11?,12?,13?,17-;/m1./s1. The average Bonchev–Trinajstić information content (AvgIpc) is 3.04. The Hall–Kier alpha value is -3.41. The van der Waals surface area contributed by atoms with Gasteiger partial charge in [-0.15, -0.1) is 0 Å². The molecule has 2 aliphatic heterocycles. The minimum atomic E-state index is -1.26. The molecular formula is C22H26F3N3O6. The van der Waals surface area contributed by atoms with E-state index in [9.17, 15) is 32.3 Å². The second-order valence-corrected chi connectivity index (χ2v) is 8.15. The van der Waals surface area contributed by atoms with Crippen molar-refractivity contribution in [3.05, 3.63) is 47.3 Å². The number of hydrogen-bond acceptors (Lipinski definition) is 5. The molecule has 34 heavy (non-hydrogen) atoms. The summed E-state index contributed by atoms with van der Waals surface area (Å²) < 4.78 is 40.3. The maximum absolute atomic E-state index is 13.9. The second-order valence-electron chi connectivity index (χ2n) is 8.15. The number of rotatable bonds is 8. The fourth-order valence-electron chi connectivity index (χ4n) is 4.48. The van der Waals surface area contributed by atoms with Gasteiger partial charge in [0.2, 0.25) is 12.3 Å². The van der Waals surface area contributed by atoms with Crippen LogP contribution >= 0.6 is 0 Å². The predicted molar refractivity (Wildman–Crippen MR) is 113 cm³/mol. The molecule has 2 fully saturated rings. The smallest absolute Gasteiger partial charge is 0.328 e. The summed E-state index contributed by atoms with van der Waals surface area (Å²) in [6, 6.07) is 1.12. The average molecular weight is 485 g/mol. The first kappa shape index (κ1) is 26.8. The number of benzene rings is 1. The highest BCUT2D eigenvalue weighted by Gasteiger charge is 2.44. The number of carbonyl (C=O) groups is 4. The number of carbonyl (C=O) groups excluding carboxylic acids is 2. The number of nitrogens with one attached hydrogen (secondary N) is 1. The molecule has 12 heteroatoms. The Morgan fingerprint density at radius 3 is 2.06 bits per heavy atom. The summed E-state index contributed by atoms with van der Waals surface area (Å²) >= 11 is 0. The molecule has 1 aromatic carbocycles. The van der Waals surface area contributed by atoms with Crippen LogP contribution < -0.4 is 11.1 Å². The van der Waals surface area contributed by atoms with Gasteiger partial charge in [0.1, 0.15) is 5.82 Å². The van der Waals surface area contributed by atoms with E-state index in [0.717, 1.165) is 18.9 Å². The lowest BCUT2D eigenvalue weighted by molar-refractivity contribution is -0.136. The van der Waals surface area contributed by atoms with Gasteiger partial charge in [-0.3, -0.25) is 9.59 Å². The van der Waals surface area contributed by atoms with Crippen molar-refractivity contribution < 1.29 is 42.6 Å². The number of amides is 2. The van der Waals surface area contributed by atoms with Crippen molar-refractivity contribution in [2.75, 3.05) is 6.54 Å². The van der Waals surface area contributed by atoms with Gasteiger partial charge >= 0.3 is 11.9 Å². The van der Waals surface area contributed by atoms with E-state index in [1.54, 1.807) is 0 Å². The fraction of sp³-hybridized carbons (Fsp3) is 0.455. The number of piperidine rings is 1. The van der Waals surface area contributed by atoms with Gasteiger partial charge in [-0.1, -0.05) is 0 Å². The molecule has 9 nitrogen and oxygen atoms in total. The lowest BCUT2D eigenvalue weighted by Gasteiger charge is -2.41. The lowest BCUT2D eigenvalue weighted by atomic mass is 9.82. The summed E-state index contributed by atoms with van der Waals surface area (Å²) in [7, 11) is 0. The molecule has 2 heterocycles. The van der Waals surface area contributed by atoms with Crippen LogP contribution in [0.5, 0.6) is 0 Å². The van der Waals surface area contributed by atoms with Crippen molar-refractivity contribution in [2.45, 2.75) is 50.2 Å². The number of halogens is 3. The summed E-state index contributed by atoms with van der Waals surface area (Å²) in [6.45, 7) is -0.0205. The fourth-order valence-corrected chi connectivity index (χ4v) is 4.48. The number of fused-ring (bicyclic) bond motifs is 2. The van der Waals surface area contributed by atoms with Crippen LogP contribution in [0.2, 0.25) is 0 Å². The molecule has 0 aromatic heterocycles. The molecule has 2 aliphatic rings. The SMILES string of the molecule is N[C@H](Cc1cc(F)c(F)cc1F)C1CC2CCC(C1)N2C(=O)CNC=O.O=C(O)/C=C\C(=O)O. The molecule has 2 bridgehead atoms. The molecule has 186 valence electrons. The second kappa shape index (κ2) is 12.2. The van der Waals surface area contributed by atoms with Crippen LogP contribution in [-0.4, -0.2) is 64.0 Å². The highest BCUT2D eigenvalue weighted by atomic mass is 19.2. The Balaban J connectivity index is 0.000000440.